The van der Waals surface area contributed by atoms with Crippen LogP contribution < -0.4 is 14.5 Å². The molecule has 4 aromatic rings. The Morgan fingerprint density at radius 3 is 2.22 bits per heavy atom. The normalized spacial score (nSPS) is 18.2. The van der Waals surface area contributed by atoms with E-state index in [1.807, 2.05) is 37.3 Å². The fraction of sp³-hybridized carbons (Fsp3) is 0.308. The topological polar surface area (TPSA) is 62.2 Å². The summed E-state index contributed by atoms with van der Waals surface area (Å²) in [6, 6.07) is 25.6. The van der Waals surface area contributed by atoms with Gasteiger partial charge in [0.2, 0.25) is 0 Å². The molecule has 45 heavy (non-hydrogen) atoms. The number of carbonyl (C=O) groups is 1. The molecule has 1 atom stereocenters. The Hall–Kier alpha value is -4.71. The zero-order valence-corrected chi connectivity index (χ0v) is 27.3. The highest BCUT2D eigenvalue weighted by Gasteiger charge is 2.52. The first-order valence-electron chi connectivity index (χ1n) is 15.8. The van der Waals surface area contributed by atoms with Gasteiger partial charge < -0.3 is 24.4 Å². The Bertz CT molecular complexity index is 1810. The summed E-state index contributed by atoms with van der Waals surface area (Å²) in [5, 5.41) is 11.9. The molecule has 0 aromatic heterocycles. The highest BCUT2D eigenvalue weighted by atomic mass is 16.6. The number of carbonyl (C=O) groups excluding carboxylic acids is 1. The zero-order chi connectivity index (χ0) is 32.1. The number of aromatic hydroxyl groups is 1. The lowest BCUT2D eigenvalue weighted by Crippen LogP contribution is -2.45. The lowest BCUT2D eigenvalue weighted by Gasteiger charge is -2.44. The number of anilines is 3. The number of benzene rings is 4. The van der Waals surface area contributed by atoms with Gasteiger partial charge in [-0.2, -0.15) is 0 Å². The van der Waals surface area contributed by atoms with Crippen LogP contribution in [-0.4, -0.2) is 36.3 Å². The Kier molecular flexibility index (Phi) is 7.64. The van der Waals surface area contributed by atoms with E-state index in [0.717, 1.165) is 34.7 Å². The van der Waals surface area contributed by atoms with E-state index in [1.165, 1.54) is 5.56 Å². The van der Waals surface area contributed by atoms with Gasteiger partial charge in [0.1, 0.15) is 11.5 Å². The predicted molar refractivity (Wildman–Crippen MR) is 182 cm³/mol. The lowest BCUT2D eigenvalue weighted by atomic mass is 9.77. The smallest absolute Gasteiger partial charge is 0.340 e. The first-order valence-corrected chi connectivity index (χ1v) is 15.8. The summed E-state index contributed by atoms with van der Waals surface area (Å²) < 4.78 is 12.8. The Morgan fingerprint density at radius 2 is 1.56 bits per heavy atom. The van der Waals surface area contributed by atoms with E-state index in [4.69, 9.17) is 9.47 Å². The Labute approximate surface area is 266 Å². The van der Waals surface area contributed by atoms with Crippen molar-refractivity contribution < 1.29 is 19.4 Å². The monoisotopic (exact) mass is 602 g/mol. The second kappa shape index (κ2) is 11.3. The average Bonchev–Trinajstić information content (AvgIpc) is 3.31. The van der Waals surface area contributed by atoms with Crippen LogP contribution in [-0.2, 0) is 10.3 Å². The van der Waals surface area contributed by atoms with Gasteiger partial charge in [0.25, 0.3) is 0 Å². The molecule has 0 aliphatic carbocycles. The molecule has 0 radical (unpaired) electrons. The molecule has 1 unspecified atom stereocenters. The molecule has 1 N–H and O–H groups in total. The number of fused-ring (bicyclic) bond motifs is 2. The van der Waals surface area contributed by atoms with Gasteiger partial charge in [0.05, 0.1) is 17.7 Å². The molecule has 232 valence electrons. The predicted octanol–water partition coefficient (Wildman–Crippen LogP) is 8.74. The summed E-state index contributed by atoms with van der Waals surface area (Å²) in [5.74, 6) is 0.210. The van der Waals surface area contributed by atoms with Gasteiger partial charge in [0, 0.05) is 58.5 Å². The standard InChI is InChI=1S/C39H42N2O4/c1-8-40(27-17-15-25(4)16-18-27)28-19-20-32(35(42)21-28)39(31-14-12-11-13-29(31)37(43)45-39)33-23-34-30(22-36(33)44-10-3)26(5)24-38(6,7)41(34)9-2/h11-24,42H,8-10H2,1-7H3. The van der Waals surface area contributed by atoms with E-state index >= 15 is 0 Å². The van der Waals surface area contributed by atoms with Crippen LogP contribution in [0.15, 0.2) is 84.9 Å². The van der Waals surface area contributed by atoms with Crippen LogP contribution in [0.25, 0.3) is 5.57 Å². The maximum atomic E-state index is 13.6. The summed E-state index contributed by atoms with van der Waals surface area (Å²) in [6.45, 7) is 16.7. The molecule has 0 fully saturated rings. The SMILES string of the molecule is CCOc1cc2c(cc1C1(c3ccc(N(CC)c4ccc(C)cc4)cc3O)OC(=O)c3ccccc31)N(CC)C(C)(C)C=C2C. The zero-order valence-electron chi connectivity index (χ0n) is 27.3. The van der Waals surface area contributed by atoms with Crippen molar-refractivity contribution in [2.45, 2.75) is 59.6 Å². The number of rotatable bonds is 8. The van der Waals surface area contributed by atoms with E-state index in [1.54, 1.807) is 12.1 Å². The van der Waals surface area contributed by atoms with Gasteiger partial charge in [-0.15, -0.1) is 0 Å². The number of phenolic OH excluding ortho intramolecular Hbond substituents is 1. The molecule has 0 saturated carbocycles. The molecule has 2 heterocycles. The lowest BCUT2D eigenvalue weighted by molar-refractivity contribution is 0.0238. The van der Waals surface area contributed by atoms with Crippen molar-refractivity contribution in [3.63, 3.8) is 0 Å². The van der Waals surface area contributed by atoms with Crippen LogP contribution in [0.2, 0.25) is 0 Å². The van der Waals surface area contributed by atoms with Gasteiger partial charge in [-0.3, -0.25) is 0 Å². The molecular formula is C39H42N2O4. The van der Waals surface area contributed by atoms with Gasteiger partial charge in [0.15, 0.2) is 5.60 Å². The average molecular weight is 603 g/mol. The van der Waals surface area contributed by atoms with Crippen molar-refractivity contribution in [2.75, 3.05) is 29.5 Å². The van der Waals surface area contributed by atoms with Gasteiger partial charge >= 0.3 is 5.97 Å². The Balaban J connectivity index is 1.62. The van der Waals surface area contributed by atoms with Gasteiger partial charge in [-0.1, -0.05) is 42.0 Å². The third-order valence-electron chi connectivity index (χ3n) is 9.18. The number of hydrogen-bond acceptors (Lipinski definition) is 6. The maximum Gasteiger partial charge on any atom is 0.340 e. The van der Waals surface area contributed by atoms with Crippen molar-refractivity contribution in [3.8, 4) is 11.5 Å². The van der Waals surface area contributed by atoms with Crippen LogP contribution in [0, 0.1) is 6.92 Å². The van der Waals surface area contributed by atoms with Crippen LogP contribution in [0.1, 0.15) is 79.7 Å². The number of esters is 1. The number of nitrogens with zero attached hydrogens (tertiary/aromatic N) is 2. The summed E-state index contributed by atoms with van der Waals surface area (Å²) in [4.78, 5) is 18.1. The first-order chi connectivity index (χ1) is 21.5. The molecule has 4 aromatic carbocycles. The number of allylic oxidation sites excluding steroid dienone is 1. The van der Waals surface area contributed by atoms with Crippen molar-refractivity contribution in [1.82, 2.24) is 0 Å². The molecular weight excluding hydrogens is 560 g/mol. The molecule has 6 rings (SSSR count). The second-order valence-electron chi connectivity index (χ2n) is 12.4. The highest BCUT2D eigenvalue weighted by molar-refractivity contribution is 5.97. The largest absolute Gasteiger partial charge is 0.507 e. The molecule has 2 aliphatic rings. The molecule has 0 amide bonds. The van der Waals surface area contributed by atoms with Gasteiger partial charge in [-0.25, -0.2) is 4.79 Å². The number of cyclic esters (lactones) is 1. The minimum Gasteiger partial charge on any atom is -0.507 e. The maximum absolute atomic E-state index is 13.6. The van der Waals surface area contributed by atoms with Crippen molar-refractivity contribution >= 4 is 28.6 Å². The summed E-state index contributed by atoms with van der Waals surface area (Å²) in [6.07, 6.45) is 2.28. The number of hydrogen-bond donors (Lipinski definition) is 1. The van der Waals surface area contributed by atoms with Crippen LogP contribution >= 0.6 is 0 Å². The van der Waals surface area contributed by atoms with E-state index < -0.39 is 11.6 Å². The van der Waals surface area contributed by atoms with Crippen LogP contribution in [0.5, 0.6) is 11.5 Å². The van der Waals surface area contributed by atoms with Crippen molar-refractivity contribution in [3.05, 3.63) is 118 Å². The first kappa shape index (κ1) is 30.3. The van der Waals surface area contributed by atoms with E-state index in [-0.39, 0.29) is 11.3 Å². The molecule has 0 spiro atoms. The number of likely N-dealkylation sites (N-methyl/N-ethyl adjacent to an activating group) is 1. The van der Waals surface area contributed by atoms with E-state index in [0.29, 0.717) is 41.2 Å². The molecule has 6 heteroatoms. The third kappa shape index (κ3) is 4.84. The molecule has 0 bridgehead atoms. The van der Waals surface area contributed by atoms with E-state index in [2.05, 4.69) is 93.8 Å². The highest BCUT2D eigenvalue weighted by Crippen LogP contribution is 2.55. The van der Waals surface area contributed by atoms with Crippen molar-refractivity contribution in [2.24, 2.45) is 0 Å². The number of aryl methyl sites for hydroxylation is 1. The fourth-order valence-electron chi connectivity index (χ4n) is 7.22. The van der Waals surface area contributed by atoms with Crippen LogP contribution in [0.4, 0.5) is 17.1 Å². The number of ether oxygens (including phenoxy) is 2. The quantitative estimate of drug-likeness (QED) is 0.204. The summed E-state index contributed by atoms with van der Waals surface area (Å²) in [5.41, 5.74) is 6.97. The summed E-state index contributed by atoms with van der Waals surface area (Å²) >= 11 is 0. The number of phenols is 1. The minimum atomic E-state index is -1.44. The minimum absolute atomic E-state index is 0.0338. The van der Waals surface area contributed by atoms with Gasteiger partial charge in [-0.05, 0) is 96.5 Å². The Morgan fingerprint density at radius 1 is 0.844 bits per heavy atom. The van der Waals surface area contributed by atoms with Crippen molar-refractivity contribution in [1.29, 1.82) is 0 Å². The fourth-order valence-corrected chi connectivity index (χ4v) is 7.22. The molecule has 6 nitrogen and oxygen atoms in total. The summed E-state index contributed by atoms with van der Waals surface area (Å²) in [7, 11) is 0. The second-order valence-corrected chi connectivity index (χ2v) is 12.4. The van der Waals surface area contributed by atoms with E-state index in [9.17, 15) is 9.90 Å². The third-order valence-corrected chi connectivity index (χ3v) is 9.18. The molecule has 0 saturated heterocycles. The van der Waals surface area contributed by atoms with Crippen LogP contribution in [0.3, 0.4) is 0 Å². The molecule has 2 aliphatic heterocycles.